The molecule has 0 aliphatic rings. The number of hydrogen-bond acceptors (Lipinski definition) is 9. The van der Waals surface area contributed by atoms with E-state index in [0.717, 1.165) is 12.1 Å². The first kappa shape index (κ1) is 33.6. The molecule has 14 nitrogen and oxygen atoms in total. The molecule has 2 heterocycles. The van der Waals surface area contributed by atoms with Crippen molar-refractivity contribution in [1.29, 1.82) is 0 Å². The largest absolute Gasteiger partial charge is 0.503 e. The van der Waals surface area contributed by atoms with Gasteiger partial charge in [0.2, 0.25) is 10.9 Å². The van der Waals surface area contributed by atoms with E-state index in [9.17, 15) is 44.4 Å². The SMILES string of the molecule is O=C(NC(CCCNC(=O)c1c(O)c(=O)ccn1CCO)CCCNC(=O)c1c(O)c(=O)ccn1CCO)c1ccccc1. The monoisotopic (exact) mass is 611 g/mol. The second-order valence-corrected chi connectivity index (χ2v) is 9.92. The van der Waals surface area contributed by atoms with Gasteiger partial charge in [-0.15, -0.1) is 0 Å². The van der Waals surface area contributed by atoms with Crippen LogP contribution < -0.4 is 26.8 Å². The van der Waals surface area contributed by atoms with Crippen LogP contribution in [-0.2, 0) is 13.1 Å². The highest BCUT2D eigenvalue weighted by Crippen LogP contribution is 2.13. The lowest BCUT2D eigenvalue weighted by Gasteiger charge is -2.20. The Labute approximate surface area is 252 Å². The Bertz CT molecular complexity index is 1460. The average Bonchev–Trinajstić information content (AvgIpc) is 3.01. The number of hydrogen-bond donors (Lipinski definition) is 7. The third kappa shape index (κ3) is 9.02. The summed E-state index contributed by atoms with van der Waals surface area (Å²) < 4.78 is 2.56. The molecule has 0 aliphatic carbocycles. The molecular weight excluding hydrogens is 574 g/mol. The van der Waals surface area contributed by atoms with Gasteiger partial charge in [-0.25, -0.2) is 0 Å². The lowest BCUT2D eigenvalue weighted by molar-refractivity contribution is 0.0914. The fraction of sp³-hybridized carbons (Fsp3) is 0.367. The van der Waals surface area contributed by atoms with Crippen molar-refractivity contribution in [2.24, 2.45) is 0 Å². The molecule has 44 heavy (non-hydrogen) atoms. The number of carbonyl (C=O) groups is 3. The number of carbonyl (C=O) groups excluding carboxylic acids is 3. The highest BCUT2D eigenvalue weighted by Gasteiger charge is 2.20. The molecular formula is C30H37N5O9. The summed E-state index contributed by atoms with van der Waals surface area (Å²) in [6.45, 7) is -0.287. The summed E-state index contributed by atoms with van der Waals surface area (Å²) in [4.78, 5) is 62.0. The van der Waals surface area contributed by atoms with Gasteiger partial charge in [-0.2, -0.15) is 0 Å². The Morgan fingerprint density at radius 1 is 0.682 bits per heavy atom. The zero-order valence-corrected chi connectivity index (χ0v) is 24.1. The van der Waals surface area contributed by atoms with Crippen LogP contribution in [0.4, 0.5) is 0 Å². The van der Waals surface area contributed by atoms with Gasteiger partial charge in [0.15, 0.2) is 22.9 Å². The molecule has 3 aromatic rings. The number of aromatic hydroxyl groups is 2. The summed E-state index contributed by atoms with van der Waals surface area (Å²) >= 11 is 0. The first-order valence-electron chi connectivity index (χ1n) is 14.2. The van der Waals surface area contributed by atoms with Crippen molar-refractivity contribution in [1.82, 2.24) is 25.1 Å². The first-order chi connectivity index (χ1) is 21.2. The fourth-order valence-corrected chi connectivity index (χ4v) is 4.61. The standard InChI is InChI=1S/C30H37N5O9/c36-18-16-34-14-10-22(38)26(40)24(34)29(43)31-12-4-8-21(33-28(42)20-6-2-1-3-7-20)9-5-13-32-30(44)25-27(41)23(39)11-15-35(25)17-19-37/h1-3,6-7,10-11,14-15,21,36-37,40-41H,4-5,8-9,12-13,16-19H2,(H,31,43)(H,32,44)(H,33,42). The molecule has 0 aliphatic heterocycles. The molecule has 0 spiro atoms. The third-order valence-corrected chi connectivity index (χ3v) is 6.81. The van der Waals surface area contributed by atoms with Gasteiger partial charge >= 0.3 is 0 Å². The maximum absolute atomic E-state index is 12.8. The maximum atomic E-state index is 12.8. The summed E-state index contributed by atoms with van der Waals surface area (Å²) in [5.74, 6) is -3.11. The number of rotatable bonds is 16. The average molecular weight is 612 g/mol. The molecule has 2 aromatic heterocycles. The Kier molecular flexibility index (Phi) is 12.7. The minimum atomic E-state index is -0.723. The minimum absolute atomic E-state index is 0.00407. The second kappa shape index (κ2) is 16.6. The molecule has 0 unspecified atom stereocenters. The van der Waals surface area contributed by atoms with Crippen LogP contribution in [0, 0.1) is 0 Å². The van der Waals surface area contributed by atoms with Gasteiger partial charge < -0.3 is 45.5 Å². The molecule has 0 atom stereocenters. The van der Waals surface area contributed by atoms with Crippen molar-refractivity contribution in [3.8, 4) is 11.5 Å². The van der Waals surface area contributed by atoms with E-state index in [0.29, 0.717) is 31.2 Å². The molecule has 3 rings (SSSR count). The second-order valence-electron chi connectivity index (χ2n) is 9.92. The van der Waals surface area contributed by atoms with Crippen LogP contribution in [0.5, 0.6) is 11.5 Å². The predicted octanol–water partition coefficient (Wildman–Crippen LogP) is -0.0754. The van der Waals surface area contributed by atoms with E-state index in [1.165, 1.54) is 21.5 Å². The van der Waals surface area contributed by atoms with E-state index in [-0.39, 0.29) is 62.7 Å². The molecule has 0 fully saturated rings. The minimum Gasteiger partial charge on any atom is -0.503 e. The number of nitrogens with zero attached hydrogens (tertiary/aromatic N) is 2. The smallest absolute Gasteiger partial charge is 0.271 e. The van der Waals surface area contributed by atoms with Gasteiger partial charge in [0.05, 0.1) is 13.2 Å². The van der Waals surface area contributed by atoms with E-state index < -0.39 is 34.2 Å². The van der Waals surface area contributed by atoms with E-state index >= 15 is 0 Å². The van der Waals surface area contributed by atoms with Gasteiger partial charge in [-0.05, 0) is 37.8 Å². The number of aliphatic hydroxyl groups is 2. The fourth-order valence-electron chi connectivity index (χ4n) is 4.61. The van der Waals surface area contributed by atoms with Crippen molar-refractivity contribution in [3.63, 3.8) is 0 Å². The van der Waals surface area contributed by atoms with Crippen molar-refractivity contribution in [3.05, 3.63) is 92.3 Å². The number of pyridine rings is 2. The molecule has 236 valence electrons. The molecule has 14 heteroatoms. The molecule has 3 amide bonds. The Morgan fingerprint density at radius 2 is 1.14 bits per heavy atom. The van der Waals surface area contributed by atoms with E-state index in [1.54, 1.807) is 30.3 Å². The van der Waals surface area contributed by atoms with Gasteiger partial charge in [-0.1, -0.05) is 18.2 Å². The molecule has 0 saturated heterocycles. The Balaban J connectivity index is 1.60. The Hall–Kier alpha value is -4.95. The van der Waals surface area contributed by atoms with Crippen LogP contribution in [0.1, 0.15) is 57.0 Å². The van der Waals surface area contributed by atoms with Crippen molar-refractivity contribution >= 4 is 17.7 Å². The molecule has 7 N–H and O–H groups in total. The lowest BCUT2D eigenvalue weighted by atomic mass is 10.0. The van der Waals surface area contributed by atoms with Gasteiger partial charge in [-0.3, -0.25) is 24.0 Å². The van der Waals surface area contributed by atoms with Crippen LogP contribution >= 0.6 is 0 Å². The van der Waals surface area contributed by atoms with Crippen LogP contribution in [0.3, 0.4) is 0 Å². The first-order valence-corrected chi connectivity index (χ1v) is 14.2. The lowest BCUT2D eigenvalue weighted by Crippen LogP contribution is -2.37. The number of amides is 3. The molecule has 0 radical (unpaired) electrons. The van der Waals surface area contributed by atoms with E-state index in [2.05, 4.69) is 16.0 Å². The highest BCUT2D eigenvalue weighted by atomic mass is 16.3. The number of benzene rings is 1. The summed E-state index contributed by atoms with van der Waals surface area (Å²) in [5.41, 5.74) is -1.50. The van der Waals surface area contributed by atoms with Crippen molar-refractivity contribution in [2.45, 2.75) is 44.8 Å². The van der Waals surface area contributed by atoms with Crippen LogP contribution in [-0.4, -0.2) is 79.6 Å². The van der Waals surface area contributed by atoms with Crippen molar-refractivity contribution < 1.29 is 34.8 Å². The van der Waals surface area contributed by atoms with E-state index in [1.807, 2.05) is 0 Å². The number of aliphatic hydroxyl groups excluding tert-OH is 2. The van der Waals surface area contributed by atoms with Crippen LogP contribution in [0.15, 0.2) is 64.4 Å². The number of aromatic nitrogens is 2. The van der Waals surface area contributed by atoms with Crippen LogP contribution in [0.25, 0.3) is 0 Å². The summed E-state index contributed by atoms with van der Waals surface area (Å²) in [7, 11) is 0. The van der Waals surface area contributed by atoms with Gasteiger partial charge in [0.25, 0.3) is 17.7 Å². The molecule has 0 bridgehead atoms. The predicted molar refractivity (Wildman–Crippen MR) is 160 cm³/mol. The quantitative estimate of drug-likeness (QED) is 0.108. The van der Waals surface area contributed by atoms with Gasteiger partial charge in [0.1, 0.15) is 0 Å². The summed E-state index contributed by atoms with van der Waals surface area (Å²) in [5, 5.41) is 47.0. The van der Waals surface area contributed by atoms with Crippen molar-refractivity contribution in [2.75, 3.05) is 26.3 Å². The third-order valence-electron chi connectivity index (χ3n) is 6.81. The van der Waals surface area contributed by atoms with Gasteiger partial charge in [0, 0.05) is 62.3 Å². The summed E-state index contributed by atoms with van der Waals surface area (Å²) in [6, 6.07) is 10.4. The van der Waals surface area contributed by atoms with E-state index in [4.69, 9.17) is 0 Å². The zero-order chi connectivity index (χ0) is 32.1. The summed E-state index contributed by atoms with van der Waals surface area (Å²) in [6.07, 6.45) is 4.33. The Morgan fingerprint density at radius 3 is 1.57 bits per heavy atom. The van der Waals surface area contributed by atoms with Crippen LogP contribution in [0.2, 0.25) is 0 Å². The zero-order valence-electron chi connectivity index (χ0n) is 24.1. The molecule has 1 aromatic carbocycles. The normalized spacial score (nSPS) is 10.9. The number of nitrogens with one attached hydrogen (secondary N) is 3. The highest BCUT2D eigenvalue weighted by molar-refractivity contribution is 5.96. The maximum Gasteiger partial charge on any atom is 0.271 e. The molecule has 0 saturated carbocycles. The topological polar surface area (TPSA) is 212 Å².